The Labute approximate surface area is 180 Å². The molecule has 4 rings (SSSR count). The summed E-state index contributed by atoms with van der Waals surface area (Å²) in [7, 11) is 3.27. The Morgan fingerprint density at radius 1 is 1.00 bits per heavy atom. The molecule has 0 radical (unpaired) electrons. The van der Waals surface area contributed by atoms with Crippen molar-refractivity contribution in [3.63, 3.8) is 0 Å². The lowest BCUT2D eigenvalue weighted by molar-refractivity contribution is 0.102. The topological polar surface area (TPSA) is 89.1 Å². The molecule has 0 aliphatic carbocycles. The van der Waals surface area contributed by atoms with E-state index in [4.69, 9.17) is 9.47 Å². The third-order valence-corrected chi connectivity index (χ3v) is 5.13. The second-order valence-electron chi connectivity index (χ2n) is 7.27. The van der Waals surface area contributed by atoms with E-state index in [2.05, 4.69) is 20.5 Å². The lowest BCUT2D eigenvalue weighted by Gasteiger charge is -2.08. The third kappa shape index (κ3) is 4.66. The van der Waals surface area contributed by atoms with Gasteiger partial charge >= 0.3 is 0 Å². The summed E-state index contributed by atoms with van der Waals surface area (Å²) >= 11 is 0. The van der Waals surface area contributed by atoms with Crippen molar-refractivity contribution in [2.45, 2.75) is 19.8 Å². The molecule has 7 heteroatoms. The molecule has 4 aromatic rings. The number of aromatic nitrogens is 3. The van der Waals surface area contributed by atoms with Crippen molar-refractivity contribution < 1.29 is 14.3 Å². The van der Waals surface area contributed by atoms with Gasteiger partial charge in [0.15, 0.2) is 5.82 Å². The van der Waals surface area contributed by atoms with Crippen LogP contribution >= 0.6 is 0 Å². The highest BCUT2D eigenvalue weighted by Crippen LogP contribution is 2.24. The first-order valence-electron chi connectivity index (χ1n) is 9.99. The molecule has 0 atom stereocenters. The van der Waals surface area contributed by atoms with E-state index in [1.165, 1.54) is 0 Å². The number of aromatic amines is 1. The first kappa shape index (κ1) is 20.4. The van der Waals surface area contributed by atoms with Crippen LogP contribution in [-0.2, 0) is 12.8 Å². The second kappa shape index (κ2) is 8.87. The summed E-state index contributed by atoms with van der Waals surface area (Å²) in [5, 5.41) is 11.0. The molecule has 2 aromatic heterocycles. The molecular formula is C24H24N4O3. The highest BCUT2D eigenvalue weighted by Gasteiger charge is 2.13. The van der Waals surface area contributed by atoms with Gasteiger partial charge in [-0.15, -0.1) is 0 Å². The quantitative estimate of drug-likeness (QED) is 0.468. The van der Waals surface area contributed by atoms with Crippen LogP contribution in [0.3, 0.4) is 0 Å². The SMILES string of the molecule is COc1cc(CCc2cc(NC(=O)c3cc4ccccc4nc3C)n[nH]2)cc(OC)c1. The number of fused-ring (bicyclic) bond motifs is 1. The van der Waals surface area contributed by atoms with Crippen LogP contribution in [0.25, 0.3) is 10.9 Å². The standard InChI is InChI=1S/C24H24N4O3/c1-15-21(12-17-6-4-5-7-22(17)25-15)24(29)26-23-13-18(27-28-23)9-8-16-10-19(30-2)14-20(11-16)31-3/h4-7,10-14H,8-9H2,1-3H3,(H2,26,27,28,29). The van der Waals surface area contributed by atoms with Crippen molar-refractivity contribution in [1.29, 1.82) is 0 Å². The minimum absolute atomic E-state index is 0.230. The maximum absolute atomic E-state index is 12.8. The van der Waals surface area contributed by atoms with Crippen LogP contribution in [0.4, 0.5) is 5.82 Å². The number of anilines is 1. The Balaban J connectivity index is 1.44. The molecular weight excluding hydrogens is 392 g/mol. The number of hydrogen-bond acceptors (Lipinski definition) is 5. The molecule has 1 amide bonds. The van der Waals surface area contributed by atoms with Gasteiger partial charge in [-0.2, -0.15) is 5.10 Å². The van der Waals surface area contributed by atoms with Gasteiger partial charge in [0.1, 0.15) is 11.5 Å². The summed E-state index contributed by atoms with van der Waals surface area (Å²) in [5.41, 5.74) is 4.10. The zero-order valence-corrected chi connectivity index (χ0v) is 17.7. The van der Waals surface area contributed by atoms with E-state index in [0.29, 0.717) is 17.1 Å². The number of rotatable bonds is 7. The lowest BCUT2D eigenvalue weighted by Crippen LogP contribution is -2.14. The predicted molar refractivity (Wildman–Crippen MR) is 120 cm³/mol. The number of carbonyl (C=O) groups excluding carboxylic acids is 1. The zero-order valence-electron chi connectivity index (χ0n) is 17.7. The number of benzene rings is 2. The molecule has 0 saturated heterocycles. The van der Waals surface area contributed by atoms with Crippen LogP contribution in [0.1, 0.15) is 27.3 Å². The maximum Gasteiger partial charge on any atom is 0.258 e. The number of para-hydroxylation sites is 1. The maximum atomic E-state index is 12.8. The minimum atomic E-state index is -0.230. The fraction of sp³-hybridized carbons (Fsp3) is 0.208. The van der Waals surface area contributed by atoms with Crippen molar-refractivity contribution in [3.8, 4) is 11.5 Å². The Morgan fingerprint density at radius 3 is 2.48 bits per heavy atom. The number of nitrogens with one attached hydrogen (secondary N) is 2. The molecule has 31 heavy (non-hydrogen) atoms. The number of ether oxygens (including phenoxy) is 2. The Morgan fingerprint density at radius 2 is 1.74 bits per heavy atom. The highest BCUT2D eigenvalue weighted by atomic mass is 16.5. The van der Waals surface area contributed by atoms with Gasteiger partial charge in [-0.1, -0.05) is 18.2 Å². The van der Waals surface area contributed by atoms with Crippen molar-refractivity contribution in [1.82, 2.24) is 15.2 Å². The Bertz CT molecular complexity index is 1210. The Kier molecular flexibility index (Phi) is 5.84. The van der Waals surface area contributed by atoms with Gasteiger partial charge < -0.3 is 14.8 Å². The van der Waals surface area contributed by atoms with Crippen LogP contribution in [0.2, 0.25) is 0 Å². The molecule has 0 aliphatic heterocycles. The number of H-pyrrole nitrogens is 1. The van der Waals surface area contributed by atoms with Gasteiger partial charge in [-0.25, -0.2) is 0 Å². The summed E-state index contributed by atoms with van der Waals surface area (Å²) in [6.45, 7) is 1.83. The fourth-order valence-corrected chi connectivity index (χ4v) is 3.47. The molecule has 0 saturated carbocycles. The molecule has 158 valence electrons. The van der Waals surface area contributed by atoms with Crippen LogP contribution in [0.15, 0.2) is 54.6 Å². The normalized spacial score (nSPS) is 10.8. The van der Waals surface area contributed by atoms with E-state index in [1.54, 1.807) is 14.2 Å². The largest absolute Gasteiger partial charge is 0.497 e. The average Bonchev–Trinajstić information content (AvgIpc) is 3.24. The molecule has 0 aliphatic rings. The summed E-state index contributed by atoms with van der Waals surface area (Å²) in [5.74, 6) is 1.76. The van der Waals surface area contributed by atoms with Gasteiger partial charge in [-0.3, -0.25) is 14.9 Å². The first-order valence-corrected chi connectivity index (χ1v) is 9.99. The van der Waals surface area contributed by atoms with Gasteiger partial charge in [0.25, 0.3) is 5.91 Å². The molecule has 7 nitrogen and oxygen atoms in total. The predicted octanol–water partition coefficient (Wildman–Crippen LogP) is 4.32. The van der Waals surface area contributed by atoms with E-state index < -0.39 is 0 Å². The van der Waals surface area contributed by atoms with E-state index in [0.717, 1.165) is 46.5 Å². The second-order valence-corrected chi connectivity index (χ2v) is 7.27. The molecule has 0 fully saturated rings. The molecule has 2 aromatic carbocycles. The van der Waals surface area contributed by atoms with Crippen LogP contribution in [-0.4, -0.2) is 35.3 Å². The van der Waals surface area contributed by atoms with E-state index in [-0.39, 0.29) is 5.91 Å². The van der Waals surface area contributed by atoms with Crippen LogP contribution in [0, 0.1) is 6.92 Å². The number of hydrogen-bond donors (Lipinski definition) is 2. The average molecular weight is 416 g/mol. The minimum Gasteiger partial charge on any atom is -0.497 e. The highest BCUT2D eigenvalue weighted by molar-refractivity contribution is 6.06. The summed E-state index contributed by atoms with van der Waals surface area (Å²) in [4.78, 5) is 17.3. The molecule has 0 unspecified atom stereocenters. The summed E-state index contributed by atoms with van der Waals surface area (Å²) < 4.78 is 10.6. The number of amides is 1. The van der Waals surface area contributed by atoms with Crippen LogP contribution < -0.4 is 14.8 Å². The summed E-state index contributed by atoms with van der Waals surface area (Å²) in [6, 6.07) is 17.3. The van der Waals surface area contributed by atoms with E-state index in [1.807, 2.05) is 61.5 Å². The number of carbonyl (C=O) groups is 1. The lowest BCUT2D eigenvalue weighted by atomic mass is 10.1. The Hall–Kier alpha value is -3.87. The van der Waals surface area contributed by atoms with Crippen molar-refractivity contribution in [3.05, 3.63) is 77.1 Å². The van der Waals surface area contributed by atoms with Gasteiger partial charge in [0.05, 0.1) is 31.0 Å². The van der Waals surface area contributed by atoms with Gasteiger partial charge in [-0.05, 0) is 49.6 Å². The number of nitrogens with zero attached hydrogens (tertiary/aromatic N) is 2. The fourth-order valence-electron chi connectivity index (χ4n) is 3.47. The van der Waals surface area contributed by atoms with Crippen LogP contribution in [0.5, 0.6) is 11.5 Å². The van der Waals surface area contributed by atoms with Gasteiger partial charge in [0.2, 0.25) is 0 Å². The van der Waals surface area contributed by atoms with E-state index >= 15 is 0 Å². The number of aryl methyl sites for hydroxylation is 3. The molecule has 2 N–H and O–H groups in total. The zero-order chi connectivity index (χ0) is 21.8. The first-order chi connectivity index (χ1) is 15.1. The van der Waals surface area contributed by atoms with E-state index in [9.17, 15) is 4.79 Å². The molecule has 0 spiro atoms. The van der Waals surface area contributed by atoms with Crippen molar-refractivity contribution in [2.24, 2.45) is 0 Å². The van der Waals surface area contributed by atoms with Crippen molar-refractivity contribution in [2.75, 3.05) is 19.5 Å². The molecule has 0 bridgehead atoms. The monoisotopic (exact) mass is 416 g/mol. The molecule has 2 heterocycles. The number of pyridine rings is 1. The van der Waals surface area contributed by atoms with Crippen molar-refractivity contribution >= 4 is 22.6 Å². The number of methoxy groups -OCH3 is 2. The third-order valence-electron chi connectivity index (χ3n) is 5.13. The summed E-state index contributed by atoms with van der Waals surface area (Å²) in [6.07, 6.45) is 1.51. The smallest absolute Gasteiger partial charge is 0.258 e. The van der Waals surface area contributed by atoms with Gasteiger partial charge in [0, 0.05) is 23.2 Å².